The molecule has 0 heterocycles. The van der Waals surface area contributed by atoms with Gasteiger partial charge in [0, 0.05) is 6.42 Å². The van der Waals surface area contributed by atoms with Gasteiger partial charge in [0.2, 0.25) is 0 Å². The second kappa shape index (κ2) is 6.33. The first-order valence-corrected chi connectivity index (χ1v) is 5.22. The van der Waals surface area contributed by atoms with Gasteiger partial charge in [-0.2, -0.15) is 13.2 Å². The van der Waals surface area contributed by atoms with Crippen molar-refractivity contribution in [2.45, 2.75) is 45.4 Å². The Bertz CT molecular complexity index is 171. The molecule has 0 amide bonds. The maximum absolute atomic E-state index is 11.8. The molecule has 0 aromatic carbocycles. The molecule has 0 aromatic rings. The molecule has 3 N–H and O–H groups in total. The van der Waals surface area contributed by atoms with Crippen molar-refractivity contribution in [2.24, 2.45) is 17.6 Å². The monoisotopic (exact) mass is 227 g/mol. The average molecular weight is 227 g/mol. The normalized spacial score (nSPS) is 16.8. The van der Waals surface area contributed by atoms with Gasteiger partial charge in [-0.3, -0.25) is 0 Å². The Labute approximate surface area is 88.7 Å². The summed E-state index contributed by atoms with van der Waals surface area (Å²) in [6.45, 7) is 4.12. The number of aliphatic hydroxyl groups excluding tert-OH is 1. The summed E-state index contributed by atoms with van der Waals surface area (Å²) in [5.41, 5.74) is 5.45. The molecule has 5 heteroatoms. The summed E-state index contributed by atoms with van der Waals surface area (Å²) in [5.74, 6) is 0.0779. The van der Waals surface area contributed by atoms with Gasteiger partial charge < -0.3 is 10.8 Å². The minimum Gasteiger partial charge on any atom is -0.393 e. The number of aliphatic hydroxyl groups is 1. The minimum atomic E-state index is -4.13. The maximum atomic E-state index is 11.8. The molecule has 0 fully saturated rings. The number of hydrogen-bond donors (Lipinski definition) is 2. The van der Waals surface area contributed by atoms with E-state index in [1.165, 1.54) is 0 Å². The van der Waals surface area contributed by atoms with Crippen LogP contribution in [0.2, 0.25) is 0 Å². The van der Waals surface area contributed by atoms with Gasteiger partial charge in [0.05, 0.1) is 6.10 Å². The van der Waals surface area contributed by atoms with Crippen LogP contribution >= 0.6 is 0 Å². The zero-order chi connectivity index (χ0) is 12.1. The van der Waals surface area contributed by atoms with Gasteiger partial charge in [-0.05, 0) is 31.2 Å². The van der Waals surface area contributed by atoms with Crippen LogP contribution in [-0.4, -0.2) is 23.9 Å². The zero-order valence-corrected chi connectivity index (χ0v) is 9.22. The van der Waals surface area contributed by atoms with Gasteiger partial charge in [0.15, 0.2) is 0 Å². The van der Waals surface area contributed by atoms with Gasteiger partial charge in [0.25, 0.3) is 0 Å². The molecule has 0 aliphatic carbocycles. The molecule has 2 unspecified atom stereocenters. The molecule has 15 heavy (non-hydrogen) atoms. The van der Waals surface area contributed by atoms with Crippen LogP contribution in [0.15, 0.2) is 0 Å². The van der Waals surface area contributed by atoms with Crippen LogP contribution < -0.4 is 5.73 Å². The maximum Gasteiger partial charge on any atom is 0.389 e. The van der Waals surface area contributed by atoms with Gasteiger partial charge in [-0.15, -0.1) is 0 Å². The van der Waals surface area contributed by atoms with Gasteiger partial charge in [-0.25, -0.2) is 0 Å². The summed E-state index contributed by atoms with van der Waals surface area (Å²) in [4.78, 5) is 0. The number of halogens is 3. The molecular formula is C10H20F3NO. The molecular weight excluding hydrogens is 207 g/mol. The highest BCUT2D eigenvalue weighted by Crippen LogP contribution is 2.25. The van der Waals surface area contributed by atoms with Crippen molar-refractivity contribution >= 4 is 0 Å². The molecule has 0 rings (SSSR count). The highest BCUT2D eigenvalue weighted by atomic mass is 19.4. The van der Waals surface area contributed by atoms with Gasteiger partial charge in [0.1, 0.15) is 0 Å². The quantitative estimate of drug-likeness (QED) is 0.731. The van der Waals surface area contributed by atoms with Crippen LogP contribution in [0.4, 0.5) is 13.2 Å². The van der Waals surface area contributed by atoms with E-state index in [1.54, 1.807) is 0 Å². The van der Waals surface area contributed by atoms with E-state index in [-0.39, 0.29) is 24.7 Å². The predicted molar refractivity (Wildman–Crippen MR) is 53.3 cm³/mol. The van der Waals surface area contributed by atoms with E-state index in [4.69, 9.17) is 5.73 Å². The zero-order valence-electron chi connectivity index (χ0n) is 9.22. The first-order chi connectivity index (χ1) is 6.78. The first kappa shape index (κ1) is 14.7. The molecule has 0 aromatic heterocycles. The molecule has 0 bridgehead atoms. The van der Waals surface area contributed by atoms with Gasteiger partial charge >= 0.3 is 6.18 Å². The highest BCUT2D eigenvalue weighted by molar-refractivity contribution is 4.73. The lowest BCUT2D eigenvalue weighted by Gasteiger charge is -2.24. The average Bonchev–Trinajstić information content (AvgIpc) is 2.01. The SMILES string of the molecule is CC(C)C(CN)C(O)CCCC(F)(F)F. The first-order valence-electron chi connectivity index (χ1n) is 5.22. The summed E-state index contributed by atoms with van der Waals surface area (Å²) >= 11 is 0. The molecule has 0 saturated carbocycles. The third-order valence-electron chi connectivity index (χ3n) is 2.58. The van der Waals surface area contributed by atoms with E-state index in [0.717, 1.165) is 0 Å². The van der Waals surface area contributed by atoms with Gasteiger partial charge in [-0.1, -0.05) is 13.8 Å². The smallest absolute Gasteiger partial charge is 0.389 e. The lowest BCUT2D eigenvalue weighted by molar-refractivity contribution is -0.136. The molecule has 0 aliphatic heterocycles. The Morgan fingerprint density at radius 2 is 1.80 bits per heavy atom. The van der Waals surface area contributed by atoms with E-state index < -0.39 is 18.7 Å². The van der Waals surface area contributed by atoms with Crippen molar-refractivity contribution in [2.75, 3.05) is 6.54 Å². The summed E-state index contributed by atoms with van der Waals surface area (Å²) in [7, 11) is 0. The Morgan fingerprint density at radius 1 is 1.27 bits per heavy atom. The highest BCUT2D eigenvalue weighted by Gasteiger charge is 2.28. The summed E-state index contributed by atoms with van der Waals surface area (Å²) in [6.07, 6.45) is -5.56. The van der Waals surface area contributed by atoms with Crippen LogP contribution in [0.1, 0.15) is 33.1 Å². The van der Waals surface area contributed by atoms with Crippen LogP contribution in [0.25, 0.3) is 0 Å². The van der Waals surface area contributed by atoms with E-state index >= 15 is 0 Å². The molecule has 0 spiro atoms. The molecule has 2 nitrogen and oxygen atoms in total. The van der Waals surface area contributed by atoms with Crippen molar-refractivity contribution in [3.63, 3.8) is 0 Å². The van der Waals surface area contributed by atoms with Crippen molar-refractivity contribution in [3.8, 4) is 0 Å². The number of alkyl halides is 3. The molecule has 0 radical (unpaired) electrons. The summed E-state index contributed by atoms with van der Waals surface area (Å²) < 4.78 is 35.5. The second-order valence-corrected chi connectivity index (χ2v) is 4.22. The van der Waals surface area contributed by atoms with Crippen molar-refractivity contribution in [1.29, 1.82) is 0 Å². The van der Waals surface area contributed by atoms with Crippen molar-refractivity contribution in [3.05, 3.63) is 0 Å². The molecule has 92 valence electrons. The molecule has 0 aliphatic rings. The Kier molecular flexibility index (Phi) is 6.20. The van der Waals surface area contributed by atoms with E-state index in [0.29, 0.717) is 6.54 Å². The Hall–Kier alpha value is -0.290. The number of hydrogen-bond acceptors (Lipinski definition) is 2. The van der Waals surface area contributed by atoms with E-state index in [2.05, 4.69) is 0 Å². The fraction of sp³-hybridized carbons (Fsp3) is 1.00. The molecule has 0 saturated heterocycles. The largest absolute Gasteiger partial charge is 0.393 e. The van der Waals surface area contributed by atoms with Crippen molar-refractivity contribution < 1.29 is 18.3 Å². The Morgan fingerprint density at radius 3 is 2.13 bits per heavy atom. The summed E-state index contributed by atoms with van der Waals surface area (Å²) in [6, 6.07) is 0. The topological polar surface area (TPSA) is 46.2 Å². The number of nitrogens with two attached hydrogens (primary N) is 1. The fourth-order valence-corrected chi connectivity index (χ4v) is 1.60. The lowest BCUT2D eigenvalue weighted by Crippen LogP contribution is -2.32. The van der Waals surface area contributed by atoms with E-state index in [9.17, 15) is 18.3 Å². The number of rotatable bonds is 6. The third-order valence-corrected chi connectivity index (χ3v) is 2.58. The van der Waals surface area contributed by atoms with Crippen LogP contribution in [-0.2, 0) is 0 Å². The Balaban J connectivity index is 3.86. The predicted octanol–water partition coefficient (Wildman–Crippen LogP) is 2.31. The van der Waals surface area contributed by atoms with Crippen LogP contribution in [0.3, 0.4) is 0 Å². The van der Waals surface area contributed by atoms with Crippen LogP contribution in [0.5, 0.6) is 0 Å². The van der Waals surface area contributed by atoms with Crippen molar-refractivity contribution in [1.82, 2.24) is 0 Å². The second-order valence-electron chi connectivity index (χ2n) is 4.22. The molecule has 2 atom stereocenters. The third kappa shape index (κ3) is 6.73. The fourth-order valence-electron chi connectivity index (χ4n) is 1.60. The lowest BCUT2D eigenvalue weighted by atomic mass is 9.88. The standard InChI is InChI=1S/C10H20F3NO/c1-7(2)8(6-14)9(15)4-3-5-10(11,12)13/h7-9,15H,3-6,14H2,1-2H3. The van der Waals surface area contributed by atoms with Crippen LogP contribution in [0, 0.1) is 11.8 Å². The minimum absolute atomic E-state index is 0.0338. The van der Waals surface area contributed by atoms with E-state index in [1.807, 2.05) is 13.8 Å². The summed E-state index contributed by atoms with van der Waals surface area (Å²) in [5, 5.41) is 9.63.